The zero-order chi connectivity index (χ0) is 18.5. The minimum Gasteiger partial charge on any atom is -0.493 e. The third kappa shape index (κ3) is 3.72. The molecule has 0 bridgehead atoms. The molecule has 0 aliphatic heterocycles. The van der Waals surface area contributed by atoms with Crippen LogP contribution in [0.5, 0.6) is 5.75 Å². The lowest BCUT2D eigenvalue weighted by Gasteiger charge is -2.07. The predicted molar refractivity (Wildman–Crippen MR) is 96.2 cm³/mol. The van der Waals surface area contributed by atoms with E-state index in [1.807, 2.05) is 49.4 Å². The second-order valence-electron chi connectivity index (χ2n) is 5.60. The highest BCUT2D eigenvalue weighted by Gasteiger charge is 2.19. The maximum absolute atomic E-state index is 12.4. The molecule has 2 amide bonds. The molecule has 26 heavy (non-hydrogen) atoms. The van der Waals surface area contributed by atoms with E-state index in [9.17, 15) is 9.59 Å². The first-order valence-corrected chi connectivity index (χ1v) is 7.95. The average molecular weight is 350 g/mol. The molecule has 0 saturated heterocycles. The fourth-order valence-corrected chi connectivity index (χ4v) is 2.33. The monoisotopic (exact) mass is 350 g/mol. The fraction of sp³-hybridized carbons (Fsp3) is 0.105. The van der Waals surface area contributed by atoms with Crippen LogP contribution in [0.4, 0.5) is 0 Å². The minimum absolute atomic E-state index is 0.0700. The number of para-hydroxylation sites is 1. The molecular weight excluding hydrogens is 332 g/mol. The topological polar surface area (TPSA) is 85.2 Å². The lowest BCUT2D eigenvalue weighted by Crippen LogP contribution is -2.41. The number of carbonyl (C=O) groups excluding carboxylic acids is 2. The Labute approximate surface area is 150 Å². The molecule has 1 heterocycles. The highest BCUT2D eigenvalue weighted by atomic mass is 16.5. The number of benzene rings is 2. The quantitative estimate of drug-likeness (QED) is 0.707. The molecule has 3 aromatic rings. The first-order chi connectivity index (χ1) is 12.6. The van der Waals surface area contributed by atoms with Gasteiger partial charge in [0.15, 0.2) is 11.4 Å². The van der Waals surface area contributed by atoms with Crippen molar-refractivity contribution in [3.8, 4) is 11.4 Å². The van der Waals surface area contributed by atoms with Crippen molar-refractivity contribution in [3.63, 3.8) is 0 Å². The lowest BCUT2D eigenvalue weighted by atomic mass is 10.1. The Morgan fingerprint density at radius 3 is 2.27 bits per heavy atom. The van der Waals surface area contributed by atoms with Crippen LogP contribution < -0.4 is 15.6 Å². The Morgan fingerprint density at radius 2 is 1.62 bits per heavy atom. The smallest absolute Gasteiger partial charge is 0.294 e. The van der Waals surface area contributed by atoms with Crippen molar-refractivity contribution < 1.29 is 14.3 Å². The molecular formula is C19H18N4O3. The molecule has 0 unspecified atom stereocenters. The van der Waals surface area contributed by atoms with Gasteiger partial charge in [0.2, 0.25) is 0 Å². The molecule has 0 aliphatic rings. The molecule has 0 radical (unpaired) electrons. The number of amides is 2. The maximum Gasteiger partial charge on any atom is 0.294 e. The summed E-state index contributed by atoms with van der Waals surface area (Å²) in [6.07, 6.45) is 1.60. The molecule has 132 valence electrons. The zero-order valence-corrected chi connectivity index (χ0v) is 14.4. The number of aryl methyl sites for hydroxylation is 1. The van der Waals surface area contributed by atoms with E-state index in [2.05, 4.69) is 16.0 Å². The molecule has 1 aromatic heterocycles. The van der Waals surface area contributed by atoms with Gasteiger partial charge in [-0.15, -0.1) is 0 Å². The summed E-state index contributed by atoms with van der Waals surface area (Å²) < 4.78 is 6.75. The molecule has 0 saturated carbocycles. The van der Waals surface area contributed by atoms with Gasteiger partial charge in [-0.25, -0.2) is 4.68 Å². The van der Waals surface area contributed by atoms with E-state index in [1.54, 1.807) is 18.3 Å². The van der Waals surface area contributed by atoms with E-state index >= 15 is 0 Å². The Bertz CT molecular complexity index is 918. The first-order valence-electron chi connectivity index (χ1n) is 7.95. The van der Waals surface area contributed by atoms with E-state index < -0.39 is 11.8 Å². The number of methoxy groups -OCH3 is 1. The van der Waals surface area contributed by atoms with E-state index in [-0.39, 0.29) is 5.69 Å². The Morgan fingerprint density at radius 1 is 0.962 bits per heavy atom. The summed E-state index contributed by atoms with van der Waals surface area (Å²) in [5, 5.41) is 4.24. The molecule has 2 aromatic carbocycles. The highest BCUT2D eigenvalue weighted by molar-refractivity contribution is 5.99. The lowest BCUT2D eigenvalue weighted by molar-refractivity contribution is 0.0842. The third-order valence-electron chi connectivity index (χ3n) is 3.74. The average Bonchev–Trinajstić information content (AvgIpc) is 3.11. The van der Waals surface area contributed by atoms with Crippen LogP contribution in [0, 0.1) is 6.92 Å². The number of ether oxygens (including phenoxy) is 1. The number of hydrogen-bond acceptors (Lipinski definition) is 4. The van der Waals surface area contributed by atoms with Crippen LogP contribution >= 0.6 is 0 Å². The fourth-order valence-electron chi connectivity index (χ4n) is 2.33. The van der Waals surface area contributed by atoms with Crippen molar-refractivity contribution in [1.82, 2.24) is 20.6 Å². The van der Waals surface area contributed by atoms with Gasteiger partial charge < -0.3 is 4.74 Å². The summed E-state index contributed by atoms with van der Waals surface area (Å²) in [7, 11) is 1.45. The highest BCUT2D eigenvalue weighted by Crippen LogP contribution is 2.19. The Kier molecular flexibility index (Phi) is 4.98. The molecule has 0 spiro atoms. The van der Waals surface area contributed by atoms with Crippen molar-refractivity contribution in [3.05, 3.63) is 77.6 Å². The first kappa shape index (κ1) is 17.2. The largest absolute Gasteiger partial charge is 0.493 e. The van der Waals surface area contributed by atoms with Crippen LogP contribution in [-0.2, 0) is 0 Å². The molecule has 7 nitrogen and oxygen atoms in total. The number of aromatic nitrogens is 2. The summed E-state index contributed by atoms with van der Waals surface area (Å²) in [4.78, 5) is 24.5. The van der Waals surface area contributed by atoms with E-state index in [1.165, 1.54) is 11.8 Å². The molecule has 7 heteroatoms. The van der Waals surface area contributed by atoms with Crippen molar-refractivity contribution in [2.75, 3.05) is 7.11 Å². The number of nitrogens with one attached hydrogen (secondary N) is 2. The van der Waals surface area contributed by atoms with Crippen LogP contribution in [0.15, 0.2) is 60.8 Å². The summed E-state index contributed by atoms with van der Waals surface area (Å²) in [6, 6.07) is 16.3. The number of carbonyl (C=O) groups is 2. The van der Waals surface area contributed by atoms with Gasteiger partial charge in [-0.3, -0.25) is 20.4 Å². The van der Waals surface area contributed by atoms with Gasteiger partial charge in [0.25, 0.3) is 11.8 Å². The van der Waals surface area contributed by atoms with Crippen molar-refractivity contribution in [2.45, 2.75) is 6.92 Å². The van der Waals surface area contributed by atoms with Gasteiger partial charge in [-0.1, -0.05) is 35.9 Å². The summed E-state index contributed by atoms with van der Waals surface area (Å²) in [6.45, 7) is 1.93. The second-order valence-corrected chi connectivity index (χ2v) is 5.60. The van der Waals surface area contributed by atoms with Crippen LogP contribution in [0.2, 0.25) is 0 Å². The van der Waals surface area contributed by atoms with Gasteiger partial charge in [-0.2, -0.15) is 5.10 Å². The van der Waals surface area contributed by atoms with Gasteiger partial charge in [0.05, 0.1) is 19.0 Å². The second kappa shape index (κ2) is 7.52. The van der Waals surface area contributed by atoms with Crippen LogP contribution in [0.3, 0.4) is 0 Å². The number of rotatable bonds is 4. The molecule has 0 fully saturated rings. The third-order valence-corrected chi connectivity index (χ3v) is 3.74. The van der Waals surface area contributed by atoms with E-state index in [0.29, 0.717) is 11.3 Å². The molecule has 0 atom stereocenters. The summed E-state index contributed by atoms with van der Waals surface area (Å²) >= 11 is 0. The van der Waals surface area contributed by atoms with Crippen molar-refractivity contribution in [2.24, 2.45) is 0 Å². The summed E-state index contributed by atoms with van der Waals surface area (Å²) in [5.41, 5.74) is 7.07. The Hall–Kier alpha value is -3.61. The van der Waals surface area contributed by atoms with Crippen LogP contribution in [0.1, 0.15) is 26.4 Å². The Balaban J connectivity index is 1.72. The van der Waals surface area contributed by atoms with Gasteiger partial charge >= 0.3 is 0 Å². The summed E-state index contributed by atoms with van der Waals surface area (Å²) in [5.74, 6) is -0.687. The number of hydrogen-bond donors (Lipinski definition) is 2. The van der Waals surface area contributed by atoms with Crippen molar-refractivity contribution >= 4 is 11.8 Å². The normalized spacial score (nSPS) is 10.2. The zero-order valence-electron chi connectivity index (χ0n) is 14.4. The van der Waals surface area contributed by atoms with Crippen LogP contribution in [-0.4, -0.2) is 28.7 Å². The predicted octanol–water partition coefficient (Wildman–Crippen LogP) is 2.26. The SMILES string of the molecule is COc1cn(-c2ccccc2)nc1C(=O)NNC(=O)c1ccc(C)cc1. The molecule has 0 aliphatic carbocycles. The van der Waals surface area contributed by atoms with E-state index in [4.69, 9.17) is 4.74 Å². The maximum atomic E-state index is 12.4. The molecule has 2 N–H and O–H groups in total. The van der Waals surface area contributed by atoms with E-state index in [0.717, 1.165) is 11.3 Å². The van der Waals surface area contributed by atoms with Gasteiger partial charge in [0.1, 0.15) is 0 Å². The van der Waals surface area contributed by atoms with Gasteiger partial charge in [-0.05, 0) is 31.2 Å². The van der Waals surface area contributed by atoms with Crippen LogP contribution in [0.25, 0.3) is 5.69 Å². The minimum atomic E-state index is -0.572. The standard InChI is InChI=1S/C19H18N4O3/c1-13-8-10-14(11-9-13)18(24)20-21-19(25)17-16(26-2)12-23(22-17)15-6-4-3-5-7-15/h3-12H,1-2H3,(H,20,24)(H,21,25). The van der Waals surface area contributed by atoms with Crippen molar-refractivity contribution in [1.29, 1.82) is 0 Å². The number of hydrazine groups is 1. The van der Waals surface area contributed by atoms with Gasteiger partial charge in [0, 0.05) is 5.56 Å². The molecule has 3 rings (SSSR count). The number of nitrogens with zero attached hydrogens (tertiary/aromatic N) is 2.